The van der Waals surface area contributed by atoms with Crippen molar-refractivity contribution in [2.24, 2.45) is 0 Å². The Morgan fingerprint density at radius 2 is 1.92 bits per heavy atom. The van der Waals surface area contributed by atoms with Crippen LogP contribution in [-0.2, 0) is 34.6 Å². The number of methoxy groups -OCH3 is 1. The third-order valence-electron chi connectivity index (χ3n) is 6.39. The number of carbonyl (C=O) groups excluding carboxylic acids is 4. The largest absolute Gasteiger partial charge is 0.497 e. The van der Waals surface area contributed by atoms with Crippen LogP contribution in [0.2, 0.25) is 0 Å². The van der Waals surface area contributed by atoms with Crippen LogP contribution in [0.1, 0.15) is 53.8 Å². The first-order valence-electron chi connectivity index (χ1n) is 12.0. The molecule has 1 aromatic carbocycles. The smallest absolute Gasteiger partial charge is 0.410 e. The van der Waals surface area contributed by atoms with E-state index < -0.39 is 23.6 Å². The molecule has 3 aliphatic rings. The molecular formula is C25H30N4O7. The van der Waals surface area contributed by atoms with Gasteiger partial charge in [0, 0.05) is 18.7 Å². The van der Waals surface area contributed by atoms with Crippen molar-refractivity contribution in [3.8, 4) is 5.75 Å². The maximum Gasteiger partial charge on any atom is 0.410 e. The summed E-state index contributed by atoms with van der Waals surface area (Å²) in [5.74, 6) is 0.413. The number of urea groups is 1. The molecule has 1 saturated heterocycles. The third kappa shape index (κ3) is 4.25. The molecular weight excluding hydrogens is 468 g/mol. The molecule has 11 heteroatoms. The lowest BCUT2D eigenvalue weighted by Gasteiger charge is -2.29. The summed E-state index contributed by atoms with van der Waals surface area (Å²) in [6.07, 6.45) is 0.0700. The Labute approximate surface area is 208 Å². The second-order valence-corrected chi connectivity index (χ2v) is 8.43. The Hall–Kier alpha value is -4.02. The standard InChI is InChI=1S/C23H24N4O7.C2H6/c1-3-33-22(31)26-7-6-13-8-18(34-17(13)11-26)23(20(29)24-21(30)25-23)12-27-10-14-4-5-15(32-2)9-16(14)19(27)28;1-2/h4-5,8-9H,3,6-7,10-12H2,1-2H3,(H2,24,25,29,30);1-2H3/t23-;/m0./s1. The van der Waals surface area contributed by atoms with Gasteiger partial charge >= 0.3 is 12.1 Å². The minimum atomic E-state index is -1.59. The van der Waals surface area contributed by atoms with Gasteiger partial charge in [0.25, 0.3) is 11.8 Å². The van der Waals surface area contributed by atoms with Gasteiger partial charge in [0.1, 0.15) is 17.3 Å². The second kappa shape index (κ2) is 9.92. The normalized spacial score (nSPS) is 20.2. The first kappa shape index (κ1) is 25.1. The summed E-state index contributed by atoms with van der Waals surface area (Å²) in [5.41, 5.74) is 0.535. The summed E-state index contributed by atoms with van der Waals surface area (Å²) in [5, 5.41) is 4.94. The summed E-state index contributed by atoms with van der Waals surface area (Å²) in [4.78, 5) is 53.5. The maximum absolute atomic E-state index is 13.1. The summed E-state index contributed by atoms with van der Waals surface area (Å²) in [7, 11) is 1.52. The number of nitrogens with zero attached hydrogens (tertiary/aromatic N) is 2. The lowest BCUT2D eigenvalue weighted by atomic mass is 9.94. The highest BCUT2D eigenvalue weighted by atomic mass is 16.6. The van der Waals surface area contributed by atoms with Crippen molar-refractivity contribution < 1.29 is 33.1 Å². The van der Waals surface area contributed by atoms with Crippen molar-refractivity contribution >= 4 is 23.9 Å². The van der Waals surface area contributed by atoms with E-state index >= 15 is 0 Å². The third-order valence-corrected chi connectivity index (χ3v) is 6.39. The molecule has 1 atom stereocenters. The Balaban J connectivity index is 0.00000148. The van der Waals surface area contributed by atoms with E-state index in [4.69, 9.17) is 13.9 Å². The van der Waals surface area contributed by atoms with E-state index in [1.807, 2.05) is 19.9 Å². The molecule has 5 amide bonds. The van der Waals surface area contributed by atoms with Gasteiger partial charge in [0.15, 0.2) is 5.54 Å². The Bertz CT molecular complexity index is 1210. The first-order valence-corrected chi connectivity index (χ1v) is 12.0. The monoisotopic (exact) mass is 498 g/mol. The lowest BCUT2D eigenvalue weighted by Crippen LogP contribution is -2.52. The zero-order chi connectivity index (χ0) is 26.0. The van der Waals surface area contributed by atoms with Gasteiger partial charge in [-0.1, -0.05) is 19.9 Å². The topological polar surface area (TPSA) is 130 Å². The highest BCUT2D eigenvalue weighted by Crippen LogP contribution is 2.35. The van der Waals surface area contributed by atoms with Gasteiger partial charge in [-0.3, -0.25) is 14.9 Å². The van der Waals surface area contributed by atoms with Gasteiger partial charge in [0.2, 0.25) is 0 Å². The zero-order valence-electron chi connectivity index (χ0n) is 20.8. The van der Waals surface area contributed by atoms with Gasteiger partial charge in [-0.2, -0.15) is 0 Å². The maximum atomic E-state index is 13.1. The second-order valence-electron chi connectivity index (χ2n) is 8.43. The van der Waals surface area contributed by atoms with E-state index in [1.54, 1.807) is 25.1 Å². The number of ether oxygens (including phenoxy) is 2. The average molecular weight is 499 g/mol. The molecule has 11 nitrogen and oxygen atoms in total. The predicted molar refractivity (Wildman–Crippen MR) is 127 cm³/mol. The van der Waals surface area contributed by atoms with E-state index in [9.17, 15) is 19.2 Å². The van der Waals surface area contributed by atoms with Crippen LogP contribution in [0.4, 0.5) is 9.59 Å². The van der Waals surface area contributed by atoms with E-state index in [1.165, 1.54) is 16.9 Å². The van der Waals surface area contributed by atoms with Crippen LogP contribution in [0.3, 0.4) is 0 Å². The zero-order valence-corrected chi connectivity index (χ0v) is 20.8. The summed E-state index contributed by atoms with van der Waals surface area (Å²) >= 11 is 0. The van der Waals surface area contributed by atoms with Crippen molar-refractivity contribution in [3.05, 3.63) is 52.5 Å². The Kier molecular flexibility index (Phi) is 6.91. The first-order chi connectivity index (χ1) is 17.3. The minimum Gasteiger partial charge on any atom is -0.497 e. The molecule has 1 aromatic heterocycles. The lowest BCUT2D eigenvalue weighted by molar-refractivity contribution is -0.125. The van der Waals surface area contributed by atoms with Crippen LogP contribution >= 0.6 is 0 Å². The molecule has 5 rings (SSSR count). The summed E-state index contributed by atoms with van der Waals surface area (Å²) < 4.78 is 16.3. The molecule has 3 aliphatic heterocycles. The Morgan fingerprint density at radius 3 is 2.58 bits per heavy atom. The molecule has 1 fully saturated rings. The molecule has 0 bridgehead atoms. The van der Waals surface area contributed by atoms with Crippen molar-refractivity contribution in [3.63, 3.8) is 0 Å². The molecule has 36 heavy (non-hydrogen) atoms. The molecule has 4 heterocycles. The van der Waals surface area contributed by atoms with Crippen LogP contribution in [0.25, 0.3) is 0 Å². The predicted octanol–water partition coefficient (Wildman–Crippen LogP) is 2.52. The van der Waals surface area contributed by atoms with Gasteiger partial charge < -0.3 is 29.0 Å². The number of hydrogen-bond acceptors (Lipinski definition) is 7. The number of amides is 5. The fourth-order valence-corrected chi connectivity index (χ4v) is 4.64. The van der Waals surface area contributed by atoms with E-state index in [-0.39, 0.29) is 37.9 Å². The van der Waals surface area contributed by atoms with Crippen LogP contribution < -0.4 is 15.4 Å². The number of rotatable bonds is 5. The highest BCUT2D eigenvalue weighted by molar-refractivity contribution is 6.08. The number of fused-ring (bicyclic) bond motifs is 2. The van der Waals surface area contributed by atoms with E-state index in [0.717, 1.165) is 11.1 Å². The molecule has 0 spiro atoms. The average Bonchev–Trinajstić information content (AvgIpc) is 3.53. The fraction of sp³-hybridized carbons (Fsp3) is 0.440. The van der Waals surface area contributed by atoms with Crippen LogP contribution in [0, 0.1) is 0 Å². The van der Waals surface area contributed by atoms with Crippen LogP contribution in [-0.4, -0.2) is 60.5 Å². The molecule has 0 unspecified atom stereocenters. The fourth-order valence-electron chi connectivity index (χ4n) is 4.64. The summed E-state index contributed by atoms with van der Waals surface area (Å²) in [6, 6.07) is 6.29. The number of imide groups is 1. The van der Waals surface area contributed by atoms with Gasteiger partial charge in [0.05, 0.1) is 26.8 Å². The molecule has 2 aromatic rings. The van der Waals surface area contributed by atoms with Crippen molar-refractivity contribution in [2.45, 2.75) is 45.8 Å². The highest BCUT2D eigenvalue weighted by Gasteiger charge is 2.53. The number of carbonyl (C=O) groups is 4. The van der Waals surface area contributed by atoms with Crippen molar-refractivity contribution in [1.29, 1.82) is 0 Å². The molecule has 0 aliphatic carbocycles. The SMILES string of the molecule is CC.CCOC(=O)N1CCc2cc([C@]3(CN4Cc5ccc(OC)cc5C4=O)NC(=O)NC3=O)oc2C1. The van der Waals surface area contributed by atoms with Gasteiger partial charge in [-0.15, -0.1) is 0 Å². The summed E-state index contributed by atoms with van der Waals surface area (Å²) in [6.45, 7) is 6.79. The number of nitrogens with one attached hydrogen (secondary N) is 2. The molecule has 0 radical (unpaired) electrons. The molecule has 0 saturated carbocycles. The number of benzene rings is 1. The van der Waals surface area contributed by atoms with Crippen LogP contribution in [0.5, 0.6) is 5.75 Å². The van der Waals surface area contributed by atoms with Crippen molar-refractivity contribution in [2.75, 3.05) is 26.8 Å². The molecule has 2 N–H and O–H groups in total. The number of hydrogen-bond donors (Lipinski definition) is 2. The number of furan rings is 1. The van der Waals surface area contributed by atoms with E-state index in [2.05, 4.69) is 10.6 Å². The molecule has 192 valence electrons. The van der Waals surface area contributed by atoms with E-state index in [0.29, 0.717) is 30.0 Å². The Morgan fingerprint density at radius 1 is 1.14 bits per heavy atom. The minimum absolute atomic E-state index is 0.117. The van der Waals surface area contributed by atoms with Crippen molar-refractivity contribution in [1.82, 2.24) is 20.4 Å². The van der Waals surface area contributed by atoms with Gasteiger partial charge in [-0.05, 0) is 42.7 Å². The van der Waals surface area contributed by atoms with Crippen LogP contribution in [0.15, 0.2) is 28.7 Å². The van der Waals surface area contributed by atoms with Gasteiger partial charge in [-0.25, -0.2) is 9.59 Å². The quantitative estimate of drug-likeness (QED) is 0.606.